The van der Waals surface area contributed by atoms with Crippen molar-refractivity contribution >= 4 is 62.8 Å². The maximum absolute atomic E-state index is 6.29. The topological polar surface area (TPSA) is 151 Å². The van der Waals surface area contributed by atoms with Crippen molar-refractivity contribution in [3.8, 4) is 11.6 Å². The van der Waals surface area contributed by atoms with Crippen molar-refractivity contribution in [3.05, 3.63) is 76.3 Å². The van der Waals surface area contributed by atoms with E-state index in [-0.39, 0.29) is 5.28 Å². The highest BCUT2D eigenvalue weighted by Gasteiger charge is 2.17. The van der Waals surface area contributed by atoms with Crippen molar-refractivity contribution in [1.82, 2.24) is 49.9 Å². The molecule has 2 fully saturated rings. The van der Waals surface area contributed by atoms with Crippen LogP contribution in [0.25, 0.3) is 33.7 Å². The summed E-state index contributed by atoms with van der Waals surface area (Å²) < 4.78 is 3.19. The molecule has 3 N–H and O–H groups in total. The normalized spacial score (nSPS) is 15.5. The Labute approximate surface area is 287 Å². The lowest BCUT2D eigenvalue weighted by molar-refractivity contribution is 0.441. The highest BCUT2D eigenvalue weighted by atomic mass is 35.5. The molecule has 0 bridgehead atoms. The lowest BCUT2D eigenvalue weighted by Crippen LogP contribution is -2.23. The van der Waals surface area contributed by atoms with Gasteiger partial charge in [-0.15, -0.1) is 10.2 Å². The molecule has 4 aromatic heterocycles. The van der Waals surface area contributed by atoms with Crippen molar-refractivity contribution < 1.29 is 0 Å². The predicted molar refractivity (Wildman–Crippen MR) is 185 cm³/mol. The van der Waals surface area contributed by atoms with Gasteiger partial charge >= 0.3 is 0 Å². The molecule has 2 saturated carbocycles. The Morgan fingerprint density at radius 2 is 1.15 bits per heavy atom. The van der Waals surface area contributed by atoms with Crippen molar-refractivity contribution in [2.24, 2.45) is 5.73 Å². The Kier molecular flexibility index (Phi) is 11.0. The standard InChI is InChI=1S/C16H17ClN6.C10H5Cl2N5.C6H13N/c17-12-10-18-16(19-11-6-2-1-3-7-11)20-15(12)23-14-9-5-4-8-13(14)21-22-23;11-6-5-13-10(12)14-9(6)17-8-4-2-1-3-7(8)15-16-17;7-6-4-2-1-3-5-6/h4-5,8-11H,1-3,6-7H2,(H,18,19,20);1-5H;6H,1-5,7H2. The van der Waals surface area contributed by atoms with Crippen molar-refractivity contribution in [2.75, 3.05) is 5.32 Å². The van der Waals surface area contributed by atoms with E-state index < -0.39 is 0 Å². The van der Waals surface area contributed by atoms with Gasteiger partial charge in [-0.1, -0.05) is 96.4 Å². The lowest BCUT2D eigenvalue weighted by atomic mass is 9.96. The molecule has 47 heavy (non-hydrogen) atoms. The van der Waals surface area contributed by atoms with Crippen molar-refractivity contribution in [3.63, 3.8) is 0 Å². The van der Waals surface area contributed by atoms with Gasteiger partial charge in [-0.25, -0.2) is 9.97 Å². The number of aromatic nitrogens is 10. The molecule has 244 valence electrons. The number of nitrogens with zero attached hydrogens (tertiary/aromatic N) is 10. The van der Waals surface area contributed by atoms with Crippen LogP contribution in [-0.2, 0) is 0 Å². The number of nitrogens with two attached hydrogens (primary N) is 1. The van der Waals surface area contributed by atoms with E-state index in [2.05, 4.69) is 45.9 Å². The maximum atomic E-state index is 6.29. The first-order valence-electron chi connectivity index (χ1n) is 15.8. The number of anilines is 1. The van der Waals surface area contributed by atoms with E-state index in [0.717, 1.165) is 34.9 Å². The zero-order valence-corrected chi connectivity index (χ0v) is 28.0. The summed E-state index contributed by atoms with van der Waals surface area (Å²) in [4.78, 5) is 16.7. The summed E-state index contributed by atoms with van der Waals surface area (Å²) in [6.45, 7) is 0. The summed E-state index contributed by atoms with van der Waals surface area (Å²) in [7, 11) is 0. The van der Waals surface area contributed by atoms with Gasteiger partial charge in [-0.3, -0.25) is 0 Å². The second-order valence-corrected chi connectivity index (χ2v) is 12.7. The van der Waals surface area contributed by atoms with Gasteiger partial charge in [0, 0.05) is 12.1 Å². The first-order chi connectivity index (χ1) is 23.0. The summed E-state index contributed by atoms with van der Waals surface area (Å²) in [6, 6.07) is 16.2. The van der Waals surface area contributed by atoms with Gasteiger partial charge in [-0.05, 0) is 61.5 Å². The number of rotatable bonds is 4. The molecule has 2 aromatic carbocycles. The fourth-order valence-corrected chi connectivity index (χ4v) is 6.15. The second kappa shape index (κ2) is 15.7. The van der Waals surface area contributed by atoms with E-state index >= 15 is 0 Å². The third-order valence-electron chi connectivity index (χ3n) is 8.11. The molecule has 12 nitrogen and oxygen atoms in total. The first-order valence-corrected chi connectivity index (χ1v) is 16.9. The summed E-state index contributed by atoms with van der Waals surface area (Å²) in [5.74, 6) is 1.56. The van der Waals surface area contributed by atoms with Crippen LogP contribution in [0.2, 0.25) is 15.3 Å². The molecule has 6 aromatic rings. The average molecular weight is 694 g/mol. The molecule has 0 amide bonds. The van der Waals surface area contributed by atoms with E-state index in [4.69, 9.17) is 40.5 Å². The van der Waals surface area contributed by atoms with Crippen LogP contribution in [0.1, 0.15) is 64.2 Å². The van der Waals surface area contributed by atoms with Crippen LogP contribution in [0, 0.1) is 0 Å². The van der Waals surface area contributed by atoms with Gasteiger partial charge in [0.2, 0.25) is 11.2 Å². The van der Waals surface area contributed by atoms with Crippen LogP contribution in [0.5, 0.6) is 0 Å². The lowest BCUT2D eigenvalue weighted by Gasteiger charge is -2.22. The maximum Gasteiger partial charge on any atom is 0.224 e. The summed E-state index contributed by atoms with van der Waals surface area (Å²) in [6.07, 6.45) is 15.9. The molecule has 0 unspecified atom stereocenters. The molecular weight excluding hydrogens is 659 g/mol. The number of para-hydroxylation sites is 2. The molecule has 0 atom stereocenters. The Balaban J connectivity index is 0.000000141. The number of hydrogen-bond acceptors (Lipinski definition) is 10. The predicted octanol–water partition coefficient (Wildman–Crippen LogP) is 7.40. The van der Waals surface area contributed by atoms with Gasteiger partial charge in [0.05, 0.1) is 23.4 Å². The van der Waals surface area contributed by atoms with Gasteiger partial charge in [0.15, 0.2) is 11.6 Å². The zero-order valence-electron chi connectivity index (χ0n) is 25.7. The molecular formula is C32H35Cl3N12. The van der Waals surface area contributed by atoms with Gasteiger partial charge in [0.25, 0.3) is 0 Å². The highest BCUT2D eigenvalue weighted by Crippen LogP contribution is 2.25. The van der Waals surface area contributed by atoms with Gasteiger partial charge in [-0.2, -0.15) is 19.3 Å². The Hall–Kier alpha value is -3.97. The molecule has 0 saturated heterocycles. The SMILES string of the molecule is Clc1cnc(NC2CCCCC2)nc1-n1nnc2ccccc21.Clc1ncc(Cl)c(-n2nnc3ccccc32)n1.NC1CCCCC1. The fourth-order valence-electron chi connectivity index (χ4n) is 5.68. The molecule has 2 aliphatic carbocycles. The fraction of sp³-hybridized carbons (Fsp3) is 0.375. The number of nitrogens with one attached hydrogen (secondary N) is 1. The van der Waals surface area contributed by atoms with E-state index in [1.54, 1.807) is 10.9 Å². The third kappa shape index (κ3) is 8.31. The molecule has 15 heteroatoms. The Morgan fingerprint density at radius 1 is 0.638 bits per heavy atom. The van der Waals surface area contributed by atoms with Crippen LogP contribution >= 0.6 is 34.8 Å². The monoisotopic (exact) mass is 692 g/mol. The van der Waals surface area contributed by atoms with E-state index in [0.29, 0.717) is 39.7 Å². The largest absolute Gasteiger partial charge is 0.351 e. The highest BCUT2D eigenvalue weighted by molar-refractivity contribution is 6.33. The molecule has 2 aliphatic rings. The van der Waals surface area contributed by atoms with Crippen LogP contribution in [0.3, 0.4) is 0 Å². The van der Waals surface area contributed by atoms with Crippen LogP contribution in [-0.4, -0.2) is 62.0 Å². The minimum Gasteiger partial charge on any atom is -0.351 e. The minimum absolute atomic E-state index is 0.115. The minimum atomic E-state index is 0.115. The van der Waals surface area contributed by atoms with Crippen molar-refractivity contribution in [1.29, 1.82) is 0 Å². The third-order valence-corrected chi connectivity index (χ3v) is 8.83. The molecule has 4 heterocycles. The summed E-state index contributed by atoms with van der Waals surface area (Å²) in [5, 5.41) is 20.7. The first kappa shape index (κ1) is 33.0. The number of hydrogen-bond donors (Lipinski definition) is 2. The zero-order chi connectivity index (χ0) is 32.6. The Bertz CT molecular complexity index is 1910. The number of benzene rings is 2. The Morgan fingerprint density at radius 3 is 1.70 bits per heavy atom. The van der Waals surface area contributed by atoms with E-state index in [1.165, 1.54) is 62.2 Å². The molecule has 0 spiro atoms. The van der Waals surface area contributed by atoms with Crippen LogP contribution in [0.15, 0.2) is 60.9 Å². The van der Waals surface area contributed by atoms with E-state index in [9.17, 15) is 0 Å². The quantitative estimate of drug-likeness (QED) is 0.179. The average Bonchev–Trinajstić information content (AvgIpc) is 3.73. The summed E-state index contributed by atoms with van der Waals surface area (Å²) >= 11 is 18.0. The van der Waals surface area contributed by atoms with Crippen LogP contribution in [0.4, 0.5) is 5.95 Å². The summed E-state index contributed by atoms with van der Waals surface area (Å²) in [5.41, 5.74) is 8.89. The van der Waals surface area contributed by atoms with Gasteiger partial charge in [0.1, 0.15) is 21.1 Å². The number of fused-ring (bicyclic) bond motifs is 2. The smallest absolute Gasteiger partial charge is 0.224 e. The molecule has 0 aliphatic heterocycles. The van der Waals surface area contributed by atoms with Crippen molar-refractivity contribution in [2.45, 2.75) is 76.3 Å². The second-order valence-electron chi connectivity index (χ2n) is 11.5. The van der Waals surface area contributed by atoms with E-state index in [1.807, 2.05) is 48.5 Å². The number of halogens is 3. The molecule has 0 radical (unpaired) electrons. The molecule has 8 rings (SSSR count). The van der Waals surface area contributed by atoms with Gasteiger partial charge < -0.3 is 11.1 Å². The van der Waals surface area contributed by atoms with Crippen LogP contribution < -0.4 is 11.1 Å².